The third kappa shape index (κ3) is 4.82. The van der Waals surface area contributed by atoms with Gasteiger partial charge in [-0.25, -0.2) is 0 Å². The van der Waals surface area contributed by atoms with Crippen molar-refractivity contribution < 1.29 is 14.6 Å². The summed E-state index contributed by atoms with van der Waals surface area (Å²) in [5.74, 6) is 0.00421. The number of hydrogen-bond donors (Lipinski definition) is 2. The molecule has 1 heterocycles. The Kier molecular flexibility index (Phi) is 6.20. The number of hydrogen-bond acceptors (Lipinski definition) is 6. The van der Waals surface area contributed by atoms with Crippen LogP contribution in [0.4, 0.5) is 0 Å². The molecule has 0 saturated heterocycles. The van der Waals surface area contributed by atoms with Crippen LogP contribution in [0.25, 0.3) is 0 Å². The van der Waals surface area contributed by atoms with Crippen molar-refractivity contribution in [2.24, 2.45) is 0 Å². The van der Waals surface area contributed by atoms with Gasteiger partial charge < -0.3 is 19.5 Å². The van der Waals surface area contributed by atoms with Gasteiger partial charge in [-0.05, 0) is 5.56 Å². The van der Waals surface area contributed by atoms with Crippen LogP contribution in [0.1, 0.15) is 17.1 Å². The maximum Gasteiger partial charge on any atom is 0.227 e. The predicted molar refractivity (Wildman–Crippen MR) is 94.4 cm³/mol. The first-order chi connectivity index (χ1) is 11.0. The van der Waals surface area contributed by atoms with E-state index in [9.17, 15) is 9.90 Å². The van der Waals surface area contributed by atoms with Crippen molar-refractivity contribution in [2.45, 2.75) is 18.9 Å². The summed E-state index contributed by atoms with van der Waals surface area (Å²) in [6, 6.07) is 11.0. The zero-order valence-electron chi connectivity index (χ0n) is 12.6. The maximum atomic E-state index is 11.6. The number of thiocarbonyl (C=S) groups is 1. The van der Waals surface area contributed by atoms with Crippen molar-refractivity contribution in [2.75, 3.05) is 7.05 Å². The van der Waals surface area contributed by atoms with Crippen molar-refractivity contribution >= 4 is 28.3 Å². The maximum absolute atomic E-state index is 11.6. The van der Waals surface area contributed by atoms with Crippen LogP contribution in [0, 0.1) is 0 Å². The molecule has 0 radical (unpaired) electrons. The number of rotatable bonds is 5. The molecule has 0 amide bonds. The molecule has 2 N–H and O–H groups in total. The summed E-state index contributed by atoms with van der Waals surface area (Å²) >= 11 is 6.63. The molecule has 23 heavy (non-hydrogen) atoms. The smallest absolute Gasteiger partial charge is 0.227 e. The standard InChI is InChI=1S/C16H17NO4S2/c1-17(8-11-5-3-2-4-6-11)16(22)23-10-14-15(20)13(19)7-12(9-18)21-14/h2-7,18,20H,8-10H2,1H3. The largest absolute Gasteiger partial charge is 0.502 e. The van der Waals surface area contributed by atoms with Gasteiger partial charge in [0.2, 0.25) is 11.2 Å². The Morgan fingerprint density at radius 1 is 1.35 bits per heavy atom. The van der Waals surface area contributed by atoms with E-state index in [2.05, 4.69) is 0 Å². The Morgan fingerprint density at radius 2 is 2.04 bits per heavy atom. The lowest BCUT2D eigenvalue weighted by molar-refractivity contribution is 0.237. The molecule has 0 atom stereocenters. The Balaban J connectivity index is 1.99. The summed E-state index contributed by atoms with van der Waals surface area (Å²) in [6.07, 6.45) is 0. The van der Waals surface area contributed by atoms with Crippen molar-refractivity contribution in [1.82, 2.24) is 4.90 Å². The zero-order chi connectivity index (χ0) is 16.8. The van der Waals surface area contributed by atoms with Crippen LogP contribution >= 0.6 is 24.0 Å². The topological polar surface area (TPSA) is 73.9 Å². The highest BCUT2D eigenvalue weighted by molar-refractivity contribution is 8.22. The minimum Gasteiger partial charge on any atom is -0.502 e. The van der Waals surface area contributed by atoms with Crippen LogP contribution in [-0.2, 0) is 18.9 Å². The summed E-state index contributed by atoms with van der Waals surface area (Å²) in [4.78, 5) is 13.5. The number of nitrogens with zero attached hydrogens (tertiary/aromatic N) is 1. The van der Waals surface area contributed by atoms with Gasteiger partial charge in [-0.3, -0.25) is 4.79 Å². The van der Waals surface area contributed by atoms with E-state index in [1.54, 1.807) is 0 Å². The molecule has 0 aliphatic rings. The molecule has 0 fully saturated rings. The second kappa shape index (κ2) is 8.14. The van der Waals surface area contributed by atoms with E-state index in [1.807, 2.05) is 42.3 Å². The van der Waals surface area contributed by atoms with Gasteiger partial charge in [0.15, 0.2) is 5.76 Å². The van der Waals surface area contributed by atoms with E-state index in [0.29, 0.717) is 10.9 Å². The molecule has 1 aromatic heterocycles. The molecular formula is C16H17NO4S2. The van der Waals surface area contributed by atoms with E-state index in [4.69, 9.17) is 21.7 Å². The molecule has 0 bridgehead atoms. The van der Waals surface area contributed by atoms with Gasteiger partial charge in [-0.15, -0.1) is 0 Å². The van der Waals surface area contributed by atoms with Crippen LogP contribution in [0.3, 0.4) is 0 Å². The highest BCUT2D eigenvalue weighted by Crippen LogP contribution is 2.22. The average Bonchev–Trinajstić information content (AvgIpc) is 2.56. The lowest BCUT2D eigenvalue weighted by Crippen LogP contribution is -2.22. The summed E-state index contributed by atoms with van der Waals surface area (Å²) in [5.41, 5.74) is 0.564. The molecule has 0 aliphatic heterocycles. The summed E-state index contributed by atoms with van der Waals surface area (Å²) in [6.45, 7) is 0.269. The molecular weight excluding hydrogens is 334 g/mol. The van der Waals surface area contributed by atoms with E-state index >= 15 is 0 Å². The van der Waals surface area contributed by atoms with Crippen LogP contribution in [-0.4, -0.2) is 26.5 Å². The SMILES string of the molecule is CN(Cc1ccccc1)C(=S)SCc1oc(CO)cc(=O)c1O. The van der Waals surface area contributed by atoms with Gasteiger partial charge in [0.1, 0.15) is 16.7 Å². The second-order valence-electron chi connectivity index (χ2n) is 4.90. The zero-order valence-corrected chi connectivity index (χ0v) is 14.2. The van der Waals surface area contributed by atoms with Crippen LogP contribution < -0.4 is 5.43 Å². The molecule has 0 unspecified atom stereocenters. The first-order valence-electron chi connectivity index (χ1n) is 6.88. The van der Waals surface area contributed by atoms with E-state index in [-0.39, 0.29) is 17.3 Å². The fourth-order valence-corrected chi connectivity index (χ4v) is 2.90. The Labute approximate surface area is 143 Å². The fourth-order valence-electron chi connectivity index (χ4n) is 1.92. The van der Waals surface area contributed by atoms with E-state index < -0.39 is 17.8 Å². The number of aliphatic hydroxyl groups excluding tert-OH is 1. The molecule has 2 rings (SSSR count). The first kappa shape index (κ1) is 17.5. The minimum absolute atomic E-state index is 0.113. The molecule has 0 aliphatic carbocycles. The van der Waals surface area contributed by atoms with Gasteiger partial charge >= 0.3 is 0 Å². The Morgan fingerprint density at radius 3 is 2.70 bits per heavy atom. The van der Waals surface area contributed by atoms with Gasteiger partial charge in [0.25, 0.3) is 0 Å². The van der Waals surface area contributed by atoms with Crippen LogP contribution in [0.2, 0.25) is 0 Å². The van der Waals surface area contributed by atoms with E-state index in [0.717, 1.165) is 11.6 Å². The van der Waals surface area contributed by atoms with Crippen molar-refractivity contribution in [3.05, 3.63) is 63.7 Å². The Hall–Kier alpha value is -1.83. The van der Waals surface area contributed by atoms with Gasteiger partial charge in [-0.1, -0.05) is 54.3 Å². The molecule has 7 heteroatoms. The second-order valence-corrected chi connectivity index (χ2v) is 6.51. The fraction of sp³-hybridized carbons (Fsp3) is 0.250. The number of aliphatic hydroxyl groups is 1. The quantitative estimate of drug-likeness (QED) is 0.802. The van der Waals surface area contributed by atoms with Crippen molar-refractivity contribution in [1.29, 1.82) is 0 Å². The van der Waals surface area contributed by atoms with Gasteiger partial charge in [0, 0.05) is 19.7 Å². The molecule has 0 spiro atoms. The number of benzene rings is 1. The van der Waals surface area contributed by atoms with Crippen molar-refractivity contribution in [3.8, 4) is 5.75 Å². The van der Waals surface area contributed by atoms with Gasteiger partial charge in [0.05, 0.1) is 5.75 Å². The summed E-state index contributed by atoms with van der Waals surface area (Å²) in [7, 11) is 1.88. The first-order valence-corrected chi connectivity index (χ1v) is 8.28. The normalized spacial score (nSPS) is 10.5. The number of aromatic hydroxyl groups is 1. The lowest BCUT2D eigenvalue weighted by atomic mass is 10.2. The van der Waals surface area contributed by atoms with Gasteiger partial charge in [-0.2, -0.15) is 0 Å². The van der Waals surface area contributed by atoms with Crippen molar-refractivity contribution in [3.63, 3.8) is 0 Å². The molecule has 0 saturated carbocycles. The molecule has 1 aromatic carbocycles. The molecule has 2 aromatic rings. The summed E-state index contributed by atoms with van der Waals surface area (Å²) < 4.78 is 5.90. The molecule has 5 nitrogen and oxygen atoms in total. The number of thioether (sulfide) groups is 1. The third-order valence-corrected chi connectivity index (χ3v) is 4.73. The lowest BCUT2D eigenvalue weighted by Gasteiger charge is -2.19. The van der Waals surface area contributed by atoms with Crippen LogP contribution in [0.5, 0.6) is 5.75 Å². The Bertz CT molecular complexity index is 731. The highest BCUT2D eigenvalue weighted by atomic mass is 32.2. The monoisotopic (exact) mass is 351 g/mol. The third-order valence-electron chi connectivity index (χ3n) is 3.10. The van der Waals surface area contributed by atoms with E-state index in [1.165, 1.54) is 11.8 Å². The minimum atomic E-state index is -0.570. The summed E-state index contributed by atoms with van der Waals surface area (Å²) in [5, 5.41) is 18.8. The highest BCUT2D eigenvalue weighted by Gasteiger charge is 2.13. The predicted octanol–water partition coefficient (Wildman–Crippen LogP) is 2.49. The van der Waals surface area contributed by atoms with Crippen LogP contribution in [0.15, 0.2) is 45.6 Å². The average molecular weight is 351 g/mol. The molecule has 122 valence electrons.